The van der Waals surface area contributed by atoms with E-state index in [2.05, 4.69) is 25.5 Å². The van der Waals surface area contributed by atoms with Crippen molar-refractivity contribution in [3.63, 3.8) is 0 Å². The normalized spacial score (nSPS) is 23.5. The number of aromatic hydroxyl groups is 1. The SMILES string of the molecule is COc1cc(-c2ccc(-c3ncc(N(C)[C@H]4C[C@@H]5CC[C@@H](N5)[C@H]4F)nn3)c(O)c2)cnc1OC. The lowest BCUT2D eigenvalue weighted by Crippen LogP contribution is -2.55. The van der Waals surface area contributed by atoms with Gasteiger partial charge in [-0.15, -0.1) is 10.2 Å². The number of hydrogen-bond donors (Lipinski definition) is 2. The molecule has 4 heterocycles. The standard InChI is InChI=1S/C24H27FN6O3/c1-31(18-10-15-5-7-17(28-15)22(18)25)21-12-26-23(30-29-21)16-6-4-13(8-19(16)32)14-9-20(33-2)24(34-3)27-11-14/h4,6,8-9,11-12,15,17-18,22,28,32H,5,7,10H2,1-3H3/t15-,17+,18-,22+/m0/s1. The molecule has 0 radical (unpaired) electrons. The maximum atomic E-state index is 14.9. The number of benzene rings is 1. The van der Waals surface area contributed by atoms with E-state index >= 15 is 0 Å². The Morgan fingerprint density at radius 1 is 1.06 bits per heavy atom. The summed E-state index contributed by atoms with van der Waals surface area (Å²) in [5.41, 5.74) is 1.95. The molecule has 0 saturated carbocycles. The average molecular weight is 467 g/mol. The molecule has 9 nitrogen and oxygen atoms in total. The van der Waals surface area contributed by atoms with Gasteiger partial charge in [0.2, 0.25) is 0 Å². The summed E-state index contributed by atoms with van der Waals surface area (Å²) in [7, 11) is 4.89. The predicted octanol–water partition coefficient (Wildman–Crippen LogP) is 2.99. The van der Waals surface area contributed by atoms with Crippen LogP contribution in [0, 0.1) is 0 Å². The first-order chi connectivity index (χ1) is 16.5. The molecule has 0 aliphatic carbocycles. The van der Waals surface area contributed by atoms with Crippen molar-refractivity contribution in [2.24, 2.45) is 0 Å². The second-order valence-electron chi connectivity index (χ2n) is 8.71. The van der Waals surface area contributed by atoms with Gasteiger partial charge >= 0.3 is 0 Å². The van der Waals surface area contributed by atoms with Gasteiger partial charge in [-0.2, -0.15) is 0 Å². The van der Waals surface area contributed by atoms with Crippen molar-refractivity contribution in [1.29, 1.82) is 0 Å². The van der Waals surface area contributed by atoms with Crippen LogP contribution in [0.5, 0.6) is 17.4 Å². The summed E-state index contributed by atoms with van der Waals surface area (Å²) in [6.45, 7) is 0. The highest BCUT2D eigenvalue weighted by Crippen LogP contribution is 2.36. The van der Waals surface area contributed by atoms with Gasteiger partial charge in [0.15, 0.2) is 17.4 Å². The van der Waals surface area contributed by atoms with Gasteiger partial charge in [-0.1, -0.05) is 6.07 Å². The third-order valence-corrected chi connectivity index (χ3v) is 6.77. The Bertz CT molecular complexity index is 1180. The van der Waals surface area contributed by atoms with Crippen LogP contribution in [-0.4, -0.2) is 70.8 Å². The Balaban J connectivity index is 1.35. The topological polar surface area (TPSA) is 106 Å². The number of nitrogens with zero attached hydrogens (tertiary/aromatic N) is 5. The van der Waals surface area contributed by atoms with E-state index in [9.17, 15) is 9.50 Å². The fraction of sp³-hybridized carbons (Fsp3) is 0.417. The van der Waals surface area contributed by atoms with Crippen LogP contribution in [0.25, 0.3) is 22.5 Å². The lowest BCUT2D eigenvalue weighted by Gasteiger charge is -2.38. The molecule has 4 atom stereocenters. The smallest absolute Gasteiger partial charge is 0.256 e. The second kappa shape index (κ2) is 9.02. The third-order valence-electron chi connectivity index (χ3n) is 6.77. The predicted molar refractivity (Wildman–Crippen MR) is 125 cm³/mol. The van der Waals surface area contributed by atoms with Crippen LogP contribution in [0.1, 0.15) is 19.3 Å². The van der Waals surface area contributed by atoms with E-state index in [4.69, 9.17) is 9.47 Å². The number of anilines is 1. The number of pyridine rings is 1. The van der Waals surface area contributed by atoms with E-state index < -0.39 is 6.17 Å². The number of alkyl halides is 1. The summed E-state index contributed by atoms with van der Waals surface area (Å²) >= 11 is 0. The highest BCUT2D eigenvalue weighted by Gasteiger charge is 2.43. The molecule has 2 aliphatic heterocycles. The van der Waals surface area contributed by atoms with E-state index in [1.165, 1.54) is 7.11 Å². The van der Waals surface area contributed by atoms with Crippen LogP contribution in [0.3, 0.4) is 0 Å². The summed E-state index contributed by atoms with van der Waals surface area (Å²) in [6.07, 6.45) is 4.85. The molecule has 5 rings (SSSR count). The largest absolute Gasteiger partial charge is 0.507 e. The molecule has 178 valence electrons. The van der Waals surface area contributed by atoms with E-state index in [0.29, 0.717) is 29.1 Å². The molecule has 2 fully saturated rings. The first-order valence-corrected chi connectivity index (χ1v) is 11.2. The minimum absolute atomic E-state index is 0.00828. The van der Waals surface area contributed by atoms with Crippen molar-refractivity contribution < 1.29 is 19.0 Å². The summed E-state index contributed by atoms with van der Waals surface area (Å²) in [4.78, 5) is 10.5. The van der Waals surface area contributed by atoms with Gasteiger partial charge in [-0.25, -0.2) is 14.4 Å². The Morgan fingerprint density at radius 3 is 2.62 bits per heavy atom. The zero-order valence-corrected chi connectivity index (χ0v) is 19.3. The van der Waals surface area contributed by atoms with Gasteiger partial charge in [0, 0.05) is 30.9 Å². The van der Waals surface area contributed by atoms with Crippen LogP contribution in [0.15, 0.2) is 36.7 Å². The maximum absolute atomic E-state index is 14.9. The number of methoxy groups -OCH3 is 2. The van der Waals surface area contributed by atoms with E-state index in [-0.39, 0.29) is 23.7 Å². The molecule has 2 N–H and O–H groups in total. The number of aromatic nitrogens is 4. The van der Waals surface area contributed by atoms with Gasteiger partial charge in [0.25, 0.3) is 5.88 Å². The molecular formula is C24H27FN6O3. The molecule has 0 spiro atoms. The van der Waals surface area contributed by atoms with E-state index in [0.717, 1.165) is 30.4 Å². The van der Waals surface area contributed by atoms with E-state index in [1.807, 2.05) is 18.0 Å². The Kier molecular flexibility index (Phi) is 5.91. The Labute approximate surface area is 197 Å². The molecular weight excluding hydrogens is 439 g/mol. The van der Waals surface area contributed by atoms with Crippen LogP contribution in [0.4, 0.5) is 10.2 Å². The van der Waals surface area contributed by atoms with Crippen LogP contribution < -0.4 is 19.7 Å². The lowest BCUT2D eigenvalue weighted by atomic mass is 9.96. The zero-order chi connectivity index (χ0) is 23.8. The van der Waals surface area contributed by atoms with Gasteiger partial charge in [-0.3, -0.25) is 0 Å². The molecule has 2 aliphatic rings. The van der Waals surface area contributed by atoms with Crippen LogP contribution in [0.2, 0.25) is 0 Å². The minimum atomic E-state index is -0.965. The van der Waals surface area contributed by atoms with Crippen molar-refractivity contribution in [2.75, 3.05) is 26.2 Å². The molecule has 34 heavy (non-hydrogen) atoms. The second-order valence-corrected chi connectivity index (χ2v) is 8.71. The minimum Gasteiger partial charge on any atom is -0.507 e. The quantitative estimate of drug-likeness (QED) is 0.567. The van der Waals surface area contributed by atoms with Gasteiger partial charge in [0.1, 0.15) is 11.9 Å². The molecule has 0 unspecified atom stereocenters. The van der Waals surface area contributed by atoms with E-state index in [1.54, 1.807) is 37.7 Å². The van der Waals surface area contributed by atoms with Crippen LogP contribution >= 0.6 is 0 Å². The van der Waals surface area contributed by atoms with Crippen molar-refractivity contribution in [2.45, 2.75) is 43.6 Å². The summed E-state index contributed by atoms with van der Waals surface area (Å²) in [5, 5.41) is 22.5. The first kappa shape index (κ1) is 22.3. The van der Waals surface area contributed by atoms with Crippen molar-refractivity contribution >= 4 is 5.82 Å². The number of nitrogens with one attached hydrogen (secondary N) is 1. The Morgan fingerprint density at radius 2 is 1.91 bits per heavy atom. The number of phenols is 1. The molecule has 2 saturated heterocycles. The summed E-state index contributed by atoms with van der Waals surface area (Å²) in [5.74, 6) is 1.67. The fourth-order valence-electron chi connectivity index (χ4n) is 4.86. The molecule has 10 heteroatoms. The monoisotopic (exact) mass is 466 g/mol. The number of rotatable bonds is 6. The lowest BCUT2D eigenvalue weighted by molar-refractivity contribution is 0.176. The van der Waals surface area contributed by atoms with Crippen LogP contribution in [-0.2, 0) is 0 Å². The van der Waals surface area contributed by atoms with Gasteiger partial charge in [-0.05, 0) is 43.0 Å². The zero-order valence-electron chi connectivity index (χ0n) is 19.3. The molecule has 0 amide bonds. The van der Waals surface area contributed by atoms with Gasteiger partial charge in [0.05, 0.1) is 32.0 Å². The van der Waals surface area contributed by atoms with Crippen molar-refractivity contribution in [3.8, 4) is 39.9 Å². The summed E-state index contributed by atoms with van der Waals surface area (Å²) < 4.78 is 25.4. The highest BCUT2D eigenvalue weighted by molar-refractivity contribution is 5.73. The molecule has 1 aromatic carbocycles. The number of phenolic OH excluding ortho intramolecular Hbond substituents is 1. The number of ether oxygens (including phenoxy) is 2. The molecule has 3 aromatic rings. The summed E-state index contributed by atoms with van der Waals surface area (Å²) in [6, 6.07) is 6.95. The molecule has 2 aromatic heterocycles. The fourth-order valence-corrected chi connectivity index (χ4v) is 4.86. The number of fused-ring (bicyclic) bond motifs is 2. The first-order valence-electron chi connectivity index (χ1n) is 11.2. The third kappa shape index (κ3) is 3.98. The number of piperidine rings is 1. The highest BCUT2D eigenvalue weighted by atomic mass is 19.1. The Hall–Kier alpha value is -3.53. The number of hydrogen-bond acceptors (Lipinski definition) is 9. The van der Waals surface area contributed by atoms with Crippen molar-refractivity contribution in [3.05, 3.63) is 36.7 Å². The maximum Gasteiger partial charge on any atom is 0.256 e. The van der Waals surface area contributed by atoms with Crippen molar-refractivity contribution in [1.82, 2.24) is 25.5 Å². The average Bonchev–Trinajstić information content (AvgIpc) is 3.28. The van der Waals surface area contributed by atoms with Gasteiger partial charge < -0.3 is 24.8 Å². The molecule has 2 bridgehead atoms. The number of halogens is 1.